The van der Waals surface area contributed by atoms with Crippen LogP contribution in [0.25, 0.3) is 5.65 Å². The third-order valence-electron chi connectivity index (χ3n) is 6.26. The highest BCUT2D eigenvalue weighted by Gasteiger charge is 2.51. The maximum Gasteiger partial charge on any atom is 0.248 e. The maximum absolute atomic E-state index is 15.4. The Labute approximate surface area is 193 Å². The van der Waals surface area contributed by atoms with Crippen molar-refractivity contribution in [3.05, 3.63) is 53.9 Å². The number of anilines is 1. The molecule has 4 heterocycles. The topological polar surface area (TPSA) is 80.0 Å². The monoisotopic (exact) mass is 473 g/mol. The van der Waals surface area contributed by atoms with E-state index in [0.717, 1.165) is 9.87 Å². The van der Waals surface area contributed by atoms with E-state index in [9.17, 15) is 8.42 Å². The number of fused-ring (bicyclic) bond motifs is 1. The Morgan fingerprint density at radius 1 is 1.12 bits per heavy atom. The van der Waals surface area contributed by atoms with Crippen molar-refractivity contribution in [2.45, 2.75) is 50.0 Å². The van der Waals surface area contributed by atoms with E-state index in [2.05, 4.69) is 15.0 Å². The highest BCUT2D eigenvalue weighted by molar-refractivity contribution is 7.89. The van der Waals surface area contributed by atoms with Gasteiger partial charge in [0.05, 0.1) is 31.0 Å². The number of rotatable bonds is 4. The number of morpholine rings is 1. The van der Waals surface area contributed by atoms with Gasteiger partial charge in [-0.05, 0) is 39.3 Å². The molecule has 0 spiro atoms. The van der Waals surface area contributed by atoms with Crippen molar-refractivity contribution in [3.8, 4) is 0 Å². The standard InChI is InChI=1S/C23H28FN5O3S/c1-16-5-7-18(8-6-16)23(24)14-28(15-23)33(30,31)19-11-25-29-10-9-20(26-21(19)29)27-12-17(2)32-22(3,4)13-27/h5-11,17H,12-15H2,1-4H3. The van der Waals surface area contributed by atoms with Crippen molar-refractivity contribution in [1.29, 1.82) is 0 Å². The summed E-state index contributed by atoms with van der Waals surface area (Å²) in [5, 5.41) is 4.17. The molecule has 0 saturated carbocycles. The first-order valence-corrected chi connectivity index (χ1v) is 12.4. The first kappa shape index (κ1) is 22.2. The molecule has 10 heteroatoms. The zero-order chi connectivity index (χ0) is 23.6. The quantitative estimate of drug-likeness (QED) is 0.580. The average Bonchev–Trinajstić information content (AvgIpc) is 3.14. The lowest BCUT2D eigenvalue weighted by Gasteiger charge is -2.43. The van der Waals surface area contributed by atoms with Crippen LogP contribution in [0.15, 0.2) is 47.6 Å². The highest BCUT2D eigenvalue weighted by atomic mass is 32.2. The molecule has 2 aliphatic heterocycles. The van der Waals surface area contributed by atoms with E-state index in [0.29, 0.717) is 24.5 Å². The fourth-order valence-corrected chi connectivity index (χ4v) is 6.26. The van der Waals surface area contributed by atoms with Crippen LogP contribution >= 0.6 is 0 Å². The average molecular weight is 474 g/mol. The largest absolute Gasteiger partial charge is 0.369 e. The Morgan fingerprint density at radius 3 is 2.48 bits per heavy atom. The van der Waals surface area contributed by atoms with Gasteiger partial charge in [0.25, 0.3) is 0 Å². The Kier molecular flexibility index (Phi) is 5.04. The zero-order valence-corrected chi connectivity index (χ0v) is 20.0. The summed E-state index contributed by atoms with van der Waals surface area (Å²) in [5.41, 5.74) is -0.297. The van der Waals surface area contributed by atoms with Crippen LogP contribution in [0.4, 0.5) is 10.2 Å². The molecule has 33 heavy (non-hydrogen) atoms. The number of hydrogen-bond donors (Lipinski definition) is 0. The van der Waals surface area contributed by atoms with Crippen molar-refractivity contribution >= 4 is 21.5 Å². The Morgan fingerprint density at radius 2 is 1.82 bits per heavy atom. The number of sulfonamides is 1. The van der Waals surface area contributed by atoms with Crippen molar-refractivity contribution < 1.29 is 17.5 Å². The summed E-state index contributed by atoms with van der Waals surface area (Å²) >= 11 is 0. The highest BCUT2D eigenvalue weighted by Crippen LogP contribution is 2.40. The summed E-state index contributed by atoms with van der Waals surface area (Å²) < 4.78 is 50.6. The summed E-state index contributed by atoms with van der Waals surface area (Å²) in [6.45, 7) is 8.78. The fraction of sp³-hybridized carbons (Fsp3) is 0.478. The molecule has 0 N–H and O–H groups in total. The van der Waals surface area contributed by atoms with Gasteiger partial charge in [-0.15, -0.1) is 0 Å². The van der Waals surface area contributed by atoms with Crippen LogP contribution in [0, 0.1) is 6.92 Å². The predicted molar refractivity (Wildman–Crippen MR) is 123 cm³/mol. The molecule has 1 aromatic carbocycles. The van der Waals surface area contributed by atoms with Gasteiger partial charge in [-0.2, -0.15) is 9.40 Å². The lowest BCUT2D eigenvalue weighted by molar-refractivity contribution is -0.0751. The molecule has 8 nitrogen and oxygen atoms in total. The van der Waals surface area contributed by atoms with E-state index >= 15 is 4.39 Å². The minimum absolute atomic E-state index is 0.0143. The van der Waals surface area contributed by atoms with Gasteiger partial charge in [-0.25, -0.2) is 22.3 Å². The molecule has 1 unspecified atom stereocenters. The smallest absolute Gasteiger partial charge is 0.248 e. The Hall–Kier alpha value is -2.56. The SMILES string of the molecule is Cc1ccc(C2(F)CN(S(=O)(=O)c3cnn4ccc(N5CC(C)OC(C)(C)C5)nc34)C2)cc1. The predicted octanol–water partition coefficient (Wildman–Crippen LogP) is 2.91. The summed E-state index contributed by atoms with van der Waals surface area (Å²) in [6, 6.07) is 8.91. The molecule has 2 saturated heterocycles. The molecular formula is C23H28FN5O3S. The summed E-state index contributed by atoms with van der Waals surface area (Å²) in [5.74, 6) is 0.658. The molecule has 2 fully saturated rings. The van der Waals surface area contributed by atoms with Crippen molar-refractivity contribution in [3.63, 3.8) is 0 Å². The fourth-order valence-electron chi connectivity index (χ4n) is 4.68. The number of nitrogens with zero attached hydrogens (tertiary/aromatic N) is 5. The molecule has 5 rings (SSSR count). The van der Waals surface area contributed by atoms with E-state index in [1.807, 2.05) is 45.9 Å². The van der Waals surface area contributed by atoms with Crippen LogP contribution in [0.1, 0.15) is 31.9 Å². The van der Waals surface area contributed by atoms with Gasteiger partial charge in [0, 0.05) is 19.3 Å². The molecule has 0 bridgehead atoms. The Balaban J connectivity index is 1.43. The van der Waals surface area contributed by atoms with Gasteiger partial charge >= 0.3 is 0 Å². The number of halogens is 1. The van der Waals surface area contributed by atoms with Crippen molar-refractivity contribution in [1.82, 2.24) is 18.9 Å². The second kappa shape index (κ2) is 7.48. The number of benzene rings is 1. The normalized spacial score (nSPS) is 22.9. The molecule has 3 aromatic rings. The summed E-state index contributed by atoms with van der Waals surface area (Å²) in [4.78, 5) is 6.71. The molecule has 2 aromatic heterocycles. The second-order valence-corrected chi connectivity index (χ2v) is 11.6. The third kappa shape index (κ3) is 3.89. The first-order chi connectivity index (χ1) is 15.5. The van der Waals surface area contributed by atoms with E-state index in [4.69, 9.17) is 4.74 Å². The van der Waals surface area contributed by atoms with Gasteiger partial charge in [0.2, 0.25) is 10.0 Å². The Bertz CT molecular complexity index is 1300. The second-order valence-electron chi connectivity index (χ2n) is 9.74. The van der Waals surface area contributed by atoms with Crippen LogP contribution in [-0.2, 0) is 20.4 Å². The van der Waals surface area contributed by atoms with Crippen molar-refractivity contribution in [2.75, 3.05) is 31.1 Å². The molecule has 0 radical (unpaired) electrons. The lowest BCUT2D eigenvalue weighted by Crippen LogP contribution is -2.58. The van der Waals surface area contributed by atoms with E-state index in [1.165, 1.54) is 10.7 Å². The molecular weight excluding hydrogens is 445 g/mol. The van der Waals surface area contributed by atoms with Crippen LogP contribution in [-0.4, -0.2) is 65.2 Å². The van der Waals surface area contributed by atoms with Gasteiger partial charge in [-0.1, -0.05) is 29.8 Å². The maximum atomic E-state index is 15.4. The van der Waals surface area contributed by atoms with Crippen LogP contribution in [0.5, 0.6) is 0 Å². The van der Waals surface area contributed by atoms with Crippen LogP contribution in [0.3, 0.4) is 0 Å². The first-order valence-electron chi connectivity index (χ1n) is 11.0. The molecule has 0 amide bonds. The molecule has 176 valence electrons. The van der Waals surface area contributed by atoms with Gasteiger partial charge in [0.1, 0.15) is 10.7 Å². The zero-order valence-electron chi connectivity index (χ0n) is 19.2. The molecule has 1 atom stereocenters. The van der Waals surface area contributed by atoms with Gasteiger partial charge < -0.3 is 9.64 Å². The minimum atomic E-state index is -3.95. The van der Waals surface area contributed by atoms with E-state index < -0.39 is 15.7 Å². The molecule has 2 aliphatic rings. The van der Waals surface area contributed by atoms with Crippen molar-refractivity contribution in [2.24, 2.45) is 0 Å². The third-order valence-corrected chi connectivity index (χ3v) is 8.04. The van der Waals surface area contributed by atoms with Crippen LogP contribution < -0.4 is 4.90 Å². The van der Waals surface area contributed by atoms with Gasteiger partial charge in [0.15, 0.2) is 11.3 Å². The molecule has 0 aliphatic carbocycles. The summed E-state index contributed by atoms with van der Waals surface area (Å²) in [7, 11) is -3.95. The lowest BCUT2D eigenvalue weighted by atomic mass is 9.90. The number of ether oxygens (including phenoxy) is 1. The number of aryl methyl sites for hydroxylation is 1. The van der Waals surface area contributed by atoms with Gasteiger partial charge in [-0.3, -0.25) is 0 Å². The number of hydrogen-bond acceptors (Lipinski definition) is 6. The van der Waals surface area contributed by atoms with E-state index in [1.54, 1.807) is 18.3 Å². The number of aromatic nitrogens is 3. The van der Waals surface area contributed by atoms with E-state index in [-0.39, 0.29) is 35.3 Å². The van der Waals surface area contributed by atoms with Crippen LogP contribution in [0.2, 0.25) is 0 Å². The number of alkyl halides is 1. The summed E-state index contributed by atoms with van der Waals surface area (Å²) in [6.07, 6.45) is 3.00. The minimum Gasteiger partial charge on any atom is -0.369 e.